The number of halogens is 2. The second-order valence-electron chi connectivity index (χ2n) is 3.11. The highest BCUT2D eigenvalue weighted by Gasteiger charge is 2.04. The van der Waals surface area contributed by atoms with E-state index >= 15 is 0 Å². The first-order chi connectivity index (χ1) is 7.65. The summed E-state index contributed by atoms with van der Waals surface area (Å²) in [5.41, 5.74) is 6.11. The summed E-state index contributed by atoms with van der Waals surface area (Å²) in [6.45, 7) is 0. The van der Waals surface area contributed by atoms with E-state index in [4.69, 9.17) is 22.1 Å². The Hall–Kier alpha value is -1.26. The van der Waals surface area contributed by atoms with Gasteiger partial charge in [0.05, 0.1) is 16.9 Å². The summed E-state index contributed by atoms with van der Waals surface area (Å²) >= 11 is 9.32. The molecule has 1 heterocycles. The molecule has 82 valence electrons. The highest BCUT2D eigenvalue weighted by atomic mass is 79.9. The summed E-state index contributed by atoms with van der Waals surface area (Å²) in [5.74, 6) is 1.01. The van der Waals surface area contributed by atoms with Crippen molar-refractivity contribution in [1.29, 1.82) is 0 Å². The van der Waals surface area contributed by atoms with Crippen molar-refractivity contribution in [1.82, 2.24) is 4.98 Å². The van der Waals surface area contributed by atoms with Gasteiger partial charge in [-0.15, -0.1) is 0 Å². The molecule has 2 rings (SSSR count). The van der Waals surface area contributed by atoms with Crippen LogP contribution in [-0.2, 0) is 0 Å². The standard InChI is InChI=1S/C11H8BrClN2O/c12-7-1-3-10(9(13)5-7)16-11-4-2-8(14)6-15-11/h1-6H,14H2. The molecule has 0 aliphatic rings. The molecule has 5 heteroatoms. The van der Waals surface area contributed by atoms with Crippen LogP contribution >= 0.6 is 27.5 Å². The number of anilines is 1. The number of pyridine rings is 1. The van der Waals surface area contributed by atoms with Gasteiger partial charge < -0.3 is 10.5 Å². The van der Waals surface area contributed by atoms with Gasteiger partial charge in [0.1, 0.15) is 5.75 Å². The fourth-order valence-corrected chi connectivity index (χ4v) is 1.83. The van der Waals surface area contributed by atoms with Crippen molar-refractivity contribution in [3.8, 4) is 11.6 Å². The van der Waals surface area contributed by atoms with E-state index in [1.165, 1.54) is 6.20 Å². The Bertz CT molecular complexity index is 502. The van der Waals surface area contributed by atoms with Crippen molar-refractivity contribution >= 4 is 33.2 Å². The molecule has 2 N–H and O–H groups in total. The average molecular weight is 300 g/mol. The normalized spacial score (nSPS) is 10.1. The fraction of sp³-hybridized carbons (Fsp3) is 0. The third-order valence-electron chi connectivity index (χ3n) is 1.87. The fourth-order valence-electron chi connectivity index (χ4n) is 1.12. The lowest BCUT2D eigenvalue weighted by molar-refractivity contribution is 0.463. The second kappa shape index (κ2) is 4.72. The van der Waals surface area contributed by atoms with Gasteiger partial charge in [0.15, 0.2) is 0 Å². The van der Waals surface area contributed by atoms with Crippen LogP contribution in [0.15, 0.2) is 41.0 Å². The zero-order valence-electron chi connectivity index (χ0n) is 8.15. The number of nitrogen functional groups attached to an aromatic ring is 1. The Morgan fingerprint density at radius 1 is 1.25 bits per heavy atom. The van der Waals surface area contributed by atoms with E-state index in [2.05, 4.69) is 20.9 Å². The van der Waals surface area contributed by atoms with Crippen molar-refractivity contribution in [2.24, 2.45) is 0 Å². The lowest BCUT2D eigenvalue weighted by atomic mass is 10.3. The summed E-state index contributed by atoms with van der Waals surface area (Å²) in [5, 5.41) is 0.521. The number of nitrogens with zero attached hydrogens (tertiary/aromatic N) is 1. The van der Waals surface area contributed by atoms with E-state index < -0.39 is 0 Å². The minimum absolute atomic E-state index is 0.457. The van der Waals surface area contributed by atoms with Gasteiger partial charge >= 0.3 is 0 Å². The molecule has 0 bridgehead atoms. The van der Waals surface area contributed by atoms with Crippen LogP contribution in [0, 0.1) is 0 Å². The molecule has 2 aromatic rings. The van der Waals surface area contributed by atoms with E-state index in [0.717, 1.165) is 4.47 Å². The largest absolute Gasteiger partial charge is 0.437 e. The molecule has 1 aromatic heterocycles. The maximum absolute atomic E-state index is 6.00. The van der Waals surface area contributed by atoms with Crippen LogP contribution in [-0.4, -0.2) is 4.98 Å². The van der Waals surface area contributed by atoms with Gasteiger partial charge in [-0.2, -0.15) is 0 Å². The van der Waals surface area contributed by atoms with Crippen molar-refractivity contribution < 1.29 is 4.74 Å². The highest BCUT2D eigenvalue weighted by Crippen LogP contribution is 2.30. The van der Waals surface area contributed by atoms with Crippen LogP contribution in [0.25, 0.3) is 0 Å². The molecule has 0 unspecified atom stereocenters. The second-order valence-corrected chi connectivity index (χ2v) is 4.43. The predicted octanol–water partition coefficient (Wildman–Crippen LogP) is 3.87. The third kappa shape index (κ3) is 2.65. The molecular weight excluding hydrogens is 291 g/mol. The number of hydrogen-bond donors (Lipinski definition) is 1. The summed E-state index contributed by atoms with van der Waals surface area (Å²) in [6.07, 6.45) is 1.53. The van der Waals surface area contributed by atoms with Gasteiger partial charge in [-0.3, -0.25) is 0 Å². The molecule has 0 fully saturated rings. The number of rotatable bonds is 2. The van der Waals surface area contributed by atoms with Gasteiger partial charge in [-0.05, 0) is 24.3 Å². The van der Waals surface area contributed by atoms with E-state index in [0.29, 0.717) is 22.3 Å². The smallest absolute Gasteiger partial charge is 0.219 e. The van der Waals surface area contributed by atoms with E-state index in [1.54, 1.807) is 24.3 Å². The minimum atomic E-state index is 0.457. The van der Waals surface area contributed by atoms with Gasteiger partial charge in [-0.1, -0.05) is 27.5 Å². The van der Waals surface area contributed by atoms with E-state index in [1.807, 2.05) is 6.07 Å². The number of aromatic nitrogens is 1. The zero-order valence-corrected chi connectivity index (χ0v) is 10.5. The molecule has 0 amide bonds. The molecule has 0 aliphatic carbocycles. The molecule has 0 radical (unpaired) electrons. The predicted molar refractivity (Wildman–Crippen MR) is 67.9 cm³/mol. The van der Waals surface area contributed by atoms with Gasteiger partial charge in [0.2, 0.25) is 5.88 Å². The van der Waals surface area contributed by atoms with Crippen LogP contribution in [0.3, 0.4) is 0 Å². The van der Waals surface area contributed by atoms with E-state index in [9.17, 15) is 0 Å². The quantitative estimate of drug-likeness (QED) is 0.915. The lowest BCUT2D eigenvalue weighted by Crippen LogP contribution is -1.90. The summed E-state index contributed by atoms with van der Waals surface area (Å²) in [6, 6.07) is 8.78. The number of benzene rings is 1. The molecular formula is C11H8BrClN2O. The minimum Gasteiger partial charge on any atom is -0.437 e. The van der Waals surface area contributed by atoms with Gasteiger partial charge in [-0.25, -0.2) is 4.98 Å². The first kappa shape index (κ1) is 11.2. The third-order valence-corrected chi connectivity index (χ3v) is 2.66. The average Bonchev–Trinajstić information content (AvgIpc) is 2.25. The van der Waals surface area contributed by atoms with Crippen molar-refractivity contribution in [2.45, 2.75) is 0 Å². The number of nitrogens with two attached hydrogens (primary N) is 1. The summed E-state index contributed by atoms with van der Waals surface area (Å²) < 4.78 is 6.40. The maximum Gasteiger partial charge on any atom is 0.219 e. The molecule has 0 aliphatic heterocycles. The molecule has 0 spiro atoms. The zero-order chi connectivity index (χ0) is 11.5. The molecule has 0 saturated carbocycles. The summed E-state index contributed by atoms with van der Waals surface area (Å²) in [4.78, 5) is 4.02. The Labute approximate surface area is 106 Å². The maximum atomic E-state index is 6.00. The summed E-state index contributed by atoms with van der Waals surface area (Å²) in [7, 11) is 0. The van der Waals surface area contributed by atoms with Crippen LogP contribution < -0.4 is 10.5 Å². The molecule has 16 heavy (non-hydrogen) atoms. The monoisotopic (exact) mass is 298 g/mol. The SMILES string of the molecule is Nc1ccc(Oc2ccc(Br)cc2Cl)nc1. The Kier molecular flexibility index (Phi) is 3.31. The van der Waals surface area contributed by atoms with Crippen LogP contribution in [0.4, 0.5) is 5.69 Å². The van der Waals surface area contributed by atoms with Crippen LogP contribution in [0.2, 0.25) is 5.02 Å². The lowest BCUT2D eigenvalue weighted by Gasteiger charge is -2.06. The van der Waals surface area contributed by atoms with E-state index in [-0.39, 0.29) is 0 Å². The van der Waals surface area contributed by atoms with Crippen molar-refractivity contribution in [2.75, 3.05) is 5.73 Å². The highest BCUT2D eigenvalue weighted by molar-refractivity contribution is 9.10. The Balaban J connectivity index is 2.23. The topological polar surface area (TPSA) is 48.1 Å². The molecule has 0 atom stereocenters. The molecule has 0 saturated heterocycles. The van der Waals surface area contributed by atoms with Crippen LogP contribution in [0.1, 0.15) is 0 Å². The number of hydrogen-bond acceptors (Lipinski definition) is 3. The molecule has 1 aromatic carbocycles. The van der Waals surface area contributed by atoms with Gasteiger partial charge in [0.25, 0.3) is 0 Å². The Morgan fingerprint density at radius 3 is 2.69 bits per heavy atom. The van der Waals surface area contributed by atoms with Crippen LogP contribution in [0.5, 0.6) is 11.6 Å². The first-order valence-electron chi connectivity index (χ1n) is 4.49. The Morgan fingerprint density at radius 2 is 2.06 bits per heavy atom. The van der Waals surface area contributed by atoms with Crippen molar-refractivity contribution in [3.63, 3.8) is 0 Å². The number of ether oxygens (including phenoxy) is 1. The van der Waals surface area contributed by atoms with Gasteiger partial charge in [0, 0.05) is 10.5 Å². The van der Waals surface area contributed by atoms with Crippen molar-refractivity contribution in [3.05, 3.63) is 46.0 Å². The molecule has 3 nitrogen and oxygen atoms in total. The first-order valence-corrected chi connectivity index (χ1v) is 5.67.